The number of hydrogen-bond acceptors (Lipinski definition) is 4. The van der Waals surface area contributed by atoms with E-state index < -0.39 is 0 Å². The van der Waals surface area contributed by atoms with Gasteiger partial charge in [-0.25, -0.2) is 0 Å². The highest BCUT2D eigenvalue weighted by Gasteiger charge is 2.04. The van der Waals surface area contributed by atoms with Crippen LogP contribution in [0.3, 0.4) is 0 Å². The minimum absolute atomic E-state index is 0.469. The topological polar surface area (TPSA) is 44.8 Å². The molecule has 0 aromatic heterocycles. The average molecular weight is 236 g/mol. The van der Waals surface area contributed by atoms with E-state index in [2.05, 4.69) is 0 Å². The van der Waals surface area contributed by atoms with Gasteiger partial charge in [0.15, 0.2) is 11.5 Å². The van der Waals surface area contributed by atoms with Crippen molar-refractivity contribution >= 4 is 12.4 Å². The van der Waals surface area contributed by atoms with Gasteiger partial charge < -0.3 is 14.2 Å². The van der Waals surface area contributed by atoms with Crippen molar-refractivity contribution in [2.75, 3.05) is 27.4 Å². The van der Waals surface area contributed by atoms with Gasteiger partial charge in [-0.2, -0.15) is 0 Å². The maximum absolute atomic E-state index is 10.2. The van der Waals surface area contributed by atoms with E-state index in [1.807, 2.05) is 12.1 Å². The molecule has 0 fully saturated rings. The smallest absolute Gasteiger partial charge is 0.161 e. The zero-order valence-electron chi connectivity index (χ0n) is 10.0. The fourth-order valence-electron chi connectivity index (χ4n) is 1.29. The van der Waals surface area contributed by atoms with Crippen LogP contribution in [0.2, 0.25) is 0 Å². The molecule has 92 valence electrons. The Labute approximate surface area is 101 Å². The Morgan fingerprint density at radius 1 is 1.18 bits per heavy atom. The number of aldehydes is 1. The molecule has 1 aromatic rings. The monoisotopic (exact) mass is 236 g/mol. The number of rotatable bonds is 7. The summed E-state index contributed by atoms with van der Waals surface area (Å²) in [7, 11) is 3.19. The lowest BCUT2D eigenvalue weighted by molar-refractivity contribution is -0.104. The van der Waals surface area contributed by atoms with Gasteiger partial charge in [-0.05, 0) is 23.8 Å². The van der Waals surface area contributed by atoms with E-state index in [-0.39, 0.29) is 0 Å². The molecule has 1 rings (SSSR count). The molecule has 0 amide bonds. The van der Waals surface area contributed by atoms with Crippen LogP contribution in [-0.2, 0) is 9.53 Å². The predicted molar refractivity (Wildman–Crippen MR) is 65.5 cm³/mol. The molecule has 0 N–H and O–H groups in total. The largest absolute Gasteiger partial charge is 0.493 e. The Kier molecular flexibility index (Phi) is 5.82. The second kappa shape index (κ2) is 7.46. The van der Waals surface area contributed by atoms with Crippen molar-refractivity contribution in [2.24, 2.45) is 0 Å². The van der Waals surface area contributed by atoms with E-state index in [1.165, 1.54) is 6.08 Å². The minimum atomic E-state index is 0.469. The summed E-state index contributed by atoms with van der Waals surface area (Å²) in [6, 6.07) is 5.46. The summed E-state index contributed by atoms with van der Waals surface area (Å²) >= 11 is 0. The van der Waals surface area contributed by atoms with Crippen LogP contribution in [0.15, 0.2) is 24.3 Å². The lowest BCUT2D eigenvalue weighted by atomic mass is 10.2. The first-order chi connectivity index (χ1) is 8.31. The van der Waals surface area contributed by atoms with Crippen LogP contribution in [0.1, 0.15) is 5.56 Å². The number of allylic oxidation sites excluding steroid dienone is 1. The third-order valence-electron chi connectivity index (χ3n) is 2.10. The first-order valence-electron chi connectivity index (χ1n) is 5.23. The molecule has 0 unspecified atom stereocenters. The van der Waals surface area contributed by atoms with Crippen molar-refractivity contribution in [3.05, 3.63) is 29.8 Å². The highest BCUT2D eigenvalue weighted by atomic mass is 16.5. The summed E-state index contributed by atoms with van der Waals surface area (Å²) in [5.74, 6) is 1.29. The van der Waals surface area contributed by atoms with Gasteiger partial charge in [0.1, 0.15) is 12.9 Å². The zero-order chi connectivity index (χ0) is 12.5. The third-order valence-corrected chi connectivity index (χ3v) is 2.10. The van der Waals surface area contributed by atoms with E-state index in [9.17, 15) is 4.79 Å². The fraction of sp³-hybridized carbons (Fsp3) is 0.308. The molecule has 0 aliphatic rings. The summed E-state index contributed by atoms with van der Waals surface area (Å²) in [4.78, 5) is 10.2. The summed E-state index contributed by atoms with van der Waals surface area (Å²) < 4.78 is 15.6. The molecule has 0 aliphatic carbocycles. The Morgan fingerprint density at radius 3 is 2.65 bits per heavy atom. The van der Waals surface area contributed by atoms with Gasteiger partial charge in [-0.3, -0.25) is 4.79 Å². The van der Waals surface area contributed by atoms with E-state index in [0.717, 1.165) is 11.8 Å². The van der Waals surface area contributed by atoms with Crippen molar-refractivity contribution in [1.82, 2.24) is 0 Å². The summed E-state index contributed by atoms with van der Waals surface area (Å²) in [5.41, 5.74) is 0.882. The first kappa shape index (κ1) is 13.3. The number of benzene rings is 1. The number of carbonyl (C=O) groups is 1. The molecule has 4 heteroatoms. The highest BCUT2D eigenvalue weighted by Crippen LogP contribution is 2.28. The first-order valence-corrected chi connectivity index (χ1v) is 5.23. The Balaban J connectivity index is 2.77. The molecule has 0 saturated heterocycles. The van der Waals surface area contributed by atoms with Gasteiger partial charge in [0.25, 0.3) is 0 Å². The zero-order valence-corrected chi connectivity index (χ0v) is 10.0. The number of hydrogen-bond donors (Lipinski definition) is 0. The van der Waals surface area contributed by atoms with Gasteiger partial charge in [-0.15, -0.1) is 0 Å². The Bertz CT molecular complexity index is 385. The van der Waals surface area contributed by atoms with Crippen LogP contribution in [0.5, 0.6) is 11.5 Å². The molecule has 1 aromatic carbocycles. The van der Waals surface area contributed by atoms with Crippen molar-refractivity contribution in [1.29, 1.82) is 0 Å². The molecule has 0 saturated carbocycles. The van der Waals surface area contributed by atoms with E-state index >= 15 is 0 Å². The molecule has 0 radical (unpaired) electrons. The quantitative estimate of drug-likeness (QED) is 0.412. The molecular formula is C13H16O4. The second-order valence-electron chi connectivity index (χ2n) is 3.25. The molecule has 0 heterocycles. The maximum Gasteiger partial charge on any atom is 0.161 e. The molecule has 0 aliphatic heterocycles. The lowest BCUT2D eigenvalue weighted by Crippen LogP contribution is -2.05. The standard InChI is InChI=1S/C13H16O4/c1-15-8-9-17-12-6-5-11(4-3-7-14)10-13(12)16-2/h3-7,10H,8-9H2,1-2H3/b4-3+. The van der Waals surface area contributed by atoms with Crippen LogP contribution in [0.25, 0.3) is 6.08 Å². The van der Waals surface area contributed by atoms with Gasteiger partial charge in [0, 0.05) is 7.11 Å². The number of carbonyl (C=O) groups excluding carboxylic acids is 1. The predicted octanol–water partition coefficient (Wildman–Crippen LogP) is 1.93. The molecule has 0 atom stereocenters. The molecule has 4 nitrogen and oxygen atoms in total. The molecular weight excluding hydrogens is 220 g/mol. The van der Waals surface area contributed by atoms with Crippen LogP contribution >= 0.6 is 0 Å². The maximum atomic E-state index is 10.2. The number of ether oxygens (including phenoxy) is 3. The lowest BCUT2D eigenvalue weighted by Gasteiger charge is -2.10. The summed E-state index contributed by atoms with van der Waals surface area (Å²) in [5, 5.41) is 0. The molecule has 0 spiro atoms. The fourth-order valence-corrected chi connectivity index (χ4v) is 1.29. The Hall–Kier alpha value is -1.81. The van der Waals surface area contributed by atoms with Gasteiger partial charge in [0.2, 0.25) is 0 Å². The van der Waals surface area contributed by atoms with Gasteiger partial charge in [0.05, 0.1) is 13.7 Å². The third kappa shape index (κ3) is 4.28. The van der Waals surface area contributed by atoms with Crippen LogP contribution in [0, 0.1) is 0 Å². The van der Waals surface area contributed by atoms with Crippen molar-refractivity contribution < 1.29 is 19.0 Å². The Morgan fingerprint density at radius 2 is 2.00 bits per heavy atom. The molecule has 0 bridgehead atoms. The van der Waals surface area contributed by atoms with Gasteiger partial charge >= 0.3 is 0 Å². The minimum Gasteiger partial charge on any atom is -0.493 e. The normalized spacial score (nSPS) is 10.5. The second-order valence-corrected chi connectivity index (χ2v) is 3.25. The highest BCUT2D eigenvalue weighted by molar-refractivity contribution is 5.74. The molecule has 17 heavy (non-hydrogen) atoms. The van der Waals surface area contributed by atoms with Gasteiger partial charge in [-0.1, -0.05) is 12.1 Å². The van der Waals surface area contributed by atoms with Crippen molar-refractivity contribution in [3.8, 4) is 11.5 Å². The average Bonchev–Trinajstić information content (AvgIpc) is 2.37. The summed E-state index contributed by atoms with van der Waals surface area (Å²) in [6.07, 6.45) is 3.87. The van der Waals surface area contributed by atoms with E-state index in [1.54, 1.807) is 26.4 Å². The number of methoxy groups -OCH3 is 2. The summed E-state index contributed by atoms with van der Waals surface area (Å²) in [6.45, 7) is 0.992. The SMILES string of the molecule is COCCOc1ccc(/C=C/C=O)cc1OC. The van der Waals surface area contributed by atoms with E-state index in [0.29, 0.717) is 24.7 Å². The van der Waals surface area contributed by atoms with Crippen LogP contribution in [0.4, 0.5) is 0 Å². The van der Waals surface area contributed by atoms with Crippen molar-refractivity contribution in [3.63, 3.8) is 0 Å². The van der Waals surface area contributed by atoms with E-state index in [4.69, 9.17) is 14.2 Å². The van der Waals surface area contributed by atoms with Crippen LogP contribution in [-0.4, -0.2) is 33.7 Å². The van der Waals surface area contributed by atoms with Crippen LogP contribution < -0.4 is 9.47 Å². The van der Waals surface area contributed by atoms with Crippen molar-refractivity contribution in [2.45, 2.75) is 0 Å².